The standard InChI is InChI=1S/C20H20O6/c1-24-18-11-9-14(17(21)10-12-19(22)23)13-16(18)20(25-2,26-3)15-7-5-4-6-8-15/h4-13H,1-3H3,(H,22,23). The van der Waals surface area contributed by atoms with Gasteiger partial charge in [0.1, 0.15) is 5.75 Å². The number of carbonyl (C=O) groups excluding carboxylic acids is 1. The number of benzene rings is 2. The van der Waals surface area contributed by atoms with E-state index >= 15 is 0 Å². The van der Waals surface area contributed by atoms with Gasteiger partial charge >= 0.3 is 5.97 Å². The van der Waals surface area contributed by atoms with Crippen LogP contribution in [0.5, 0.6) is 5.75 Å². The molecule has 0 aliphatic rings. The number of carbonyl (C=O) groups is 2. The van der Waals surface area contributed by atoms with E-state index in [0.717, 1.165) is 12.2 Å². The van der Waals surface area contributed by atoms with Crippen LogP contribution < -0.4 is 4.74 Å². The van der Waals surface area contributed by atoms with E-state index in [4.69, 9.17) is 19.3 Å². The first-order chi connectivity index (χ1) is 12.5. The maximum atomic E-state index is 12.3. The first-order valence-corrected chi connectivity index (χ1v) is 7.78. The van der Waals surface area contributed by atoms with Crippen LogP contribution in [0.15, 0.2) is 60.7 Å². The second-order valence-corrected chi connectivity index (χ2v) is 5.34. The summed E-state index contributed by atoms with van der Waals surface area (Å²) in [4.78, 5) is 22.9. The Kier molecular flexibility index (Phi) is 6.27. The summed E-state index contributed by atoms with van der Waals surface area (Å²) in [6.07, 6.45) is 1.79. The Balaban J connectivity index is 2.63. The highest BCUT2D eigenvalue weighted by atomic mass is 16.7. The number of hydrogen-bond donors (Lipinski definition) is 1. The Morgan fingerprint density at radius 3 is 2.15 bits per heavy atom. The van der Waals surface area contributed by atoms with Crippen LogP contribution in [-0.4, -0.2) is 38.2 Å². The number of methoxy groups -OCH3 is 3. The van der Waals surface area contributed by atoms with E-state index in [2.05, 4.69) is 0 Å². The Morgan fingerprint density at radius 1 is 0.962 bits per heavy atom. The molecule has 0 aliphatic heterocycles. The molecule has 0 atom stereocenters. The van der Waals surface area contributed by atoms with Gasteiger partial charge in [0.15, 0.2) is 5.78 Å². The van der Waals surface area contributed by atoms with Crippen LogP contribution >= 0.6 is 0 Å². The summed E-state index contributed by atoms with van der Waals surface area (Å²) in [6, 6.07) is 14.0. The van der Waals surface area contributed by atoms with Crippen LogP contribution in [-0.2, 0) is 20.1 Å². The molecule has 6 nitrogen and oxygen atoms in total. The molecule has 2 aromatic rings. The molecule has 0 heterocycles. The largest absolute Gasteiger partial charge is 0.496 e. The lowest BCUT2D eigenvalue weighted by molar-refractivity contribution is -0.184. The van der Waals surface area contributed by atoms with Crippen molar-refractivity contribution < 1.29 is 28.9 Å². The van der Waals surface area contributed by atoms with Gasteiger partial charge in [-0.05, 0) is 24.3 Å². The molecule has 0 amide bonds. The molecule has 0 unspecified atom stereocenters. The lowest BCUT2D eigenvalue weighted by Gasteiger charge is -2.33. The summed E-state index contributed by atoms with van der Waals surface area (Å²) >= 11 is 0. The van der Waals surface area contributed by atoms with E-state index < -0.39 is 17.5 Å². The number of rotatable bonds is 8. The fourth-order valence-corrected chi connectivity index (χ4v) is 2.71. The molecule has 6 heteroatoms. The summed E-state index contributed by atoms with van der Waals surface area (Å²) in [7, 11) is 4.50. The van der Waals surface area contributed by atoms with Gasteiger partial charge in [0.2, 0.25) is 5.79 Å². The molecule has 0 spiro atoms. The van der Waals surface area contributed by atoms with Gasteiger partial charge in [-0.2, -0.15) is 0 Å². The molecule has 0 radical (unpaired) electrons. The Bertz CT molecular complexity index is 806. The smallest absolute Gasteiger partial charge is 0.328 e. The van der Waals surface area contributed by atoms with E-state index in [9.17, 15) is 9.59 Å². The molecule has 0 saturated carbocycles. The molecule has 0 aliphatic carbocycles. The molecule has 0 fully saturated rings. The van der Waals surface area contributed by atoms with Crippen LogP contribution in [0.3, 0.4) is 0 Å². The lowest BCUT2D eigenvalue weighted by Crippen LogP contribution is -2.33. The maximum Gasteiger partial charge on any atom is 0.328 e. The van der Waals surface area contributed by atoms with Gasteiger partial charge in [0, 0.05) is 31.4 Å². The first-order valence-electron chi connectivity index (χ1n) is 7.78. The van der Waals surface area contributed by atoms with Crippen molar-refractivity contribution in [1.82, 2.24) is 0 Å². The highest BCUT2D eigenvalue weighted by Gasteiger charge is 2.37. The van der Waals surface area contributed by atoms with Crippen LogP contribution in [0.2, 0.25) is 0 Å². The zero-order valence-electron chi connectivity index (χ0n) is 14.8. The fourth-order valence-electron chi connectivity index (χ4n) is 2.71. The number of ketones is 1. The van der Waals surface area contributed by atoms with Gasteiger partial charge in [0.25, 0.3) is 0 Å². The van der Waals surface area contributed by atoms with Crippen molar-refractivity contribution in [2.24, 2.45) is 0 Å². The van der Waals surface area contributed by atoms with Gasteiger partial charge in [-0.1, -0.05) is 30.3 Å². The Hall–Kier alpha value is -2.96. The topological polar surface area (TPSA) is 82.1 Å². The lowest BCUT2D eigenvalue weighted by atomic mass is 9.93. The SMILES string of the molecule is COc1ccc(C(=O)C=CC(=O)O)cc1C(OC)(OC)c1ccccc1. The van der Waals surface area contributed by atoms with Crippen molar-refractivity contribution in [2.45, 2.75) is 5.79 Å². The number of hydrogen-bond acceptors (Lipinski definition) is 5. The minimum Gasteiger partial charge on any atom is -0.496 e. The molecule has 1 N–H and O–H groups in total. The molecule has 26 heavy (non-hydrogen) atoms. The maximum absolute atomic E-state index is 12.3. The van der Waals surface area contributed by atoms with Crippen molar-refractivity contribution >= 4 is 11.8 Å². The number of allylic oxidation sites excluding steroid dienone is 1. The quantitative estimate of drug-likeness (QED) is 0.445. The van der Waals surface area contributed by atoms with E-state index in [1.165, 1.54) is 21.3 Å². The minimum absolute atomic E-state index is 0.285. The zero-order chi connectivity index (χ0) is 19.2. The van der Waals surface area contributed by atoms with Gasteiger partial charge < -0.3 is 19.3 Å². The molecule has 0 saturated heterocycles. The van der Waals surface area contributed by atoms with Crippen molar-refractivity contribution in [2.75, 3.05) is 21.3 Å². The Labute approximate surface area is 151 Å². The molecule has 2 aromatic carbocycles. The Morgan fingerprint density at radius 2 is 1.62 bits per heavy atom. The third-order valence-corrected chi connectivity index (χ3v) is 3.94. The van der Waals surface area contributed by atoms with Gasteiger partial charge in [-0.15, -0.1) is 0 Å². The summed E-state index contributed by atoms with van der Waals surface area (Å²) in [5.41, 5.74) is 1.49. The van der Waals surface area contributed by atoms with Crippen molar-refractivity contribution in [1.29, 1.82) is 0 Å². The predicted octanol–water partition coefficient (Wildman–Crippen LogP) is 3.01. The normalized spacial score (nSPS) is 11.5. The van der Waals surface area contributed by atoms with Gasteiger partial charge in [-0.25, -0.2) is 4.79 Å². The van der Waals surface area contributed by atoms with Crippen molar-refractivity contribution in [3.63, 3.8) is 0 Å². The van der Waals surface area contributed by atoms with Gasteiger partial charge in [-0.3, -0.25) is 4.79 Å². The fraction of sp³-hybridized carbons (Fsp3) is 0.200. The average Bonchev–Trinajstić information content (AvgIpc) is 2.68. The summed E-state index contributed by atoms with van der Waals surface area (Å²) in [6.45, 7) is 0. The number of aliphatic carboxylic acids is 1. The third-order valence-electron chi connectivity index (χ3n) is 3.94. The molecule has 136 valence electrons. The first kappa shape index (κ1) is 19.4. The molecule has 0 bridgehead atoms. The second kappa shape index (κ2) is 8.42. The number of ether oxygens (including phenoxy) is 3. The summed E-state index contributed by atoms with van der Waals surface area (Å²) in [5.74, 6) is -2.47. The third kappa shape index (κ3) is 3.82. The van der Waals surface area contributed by atoms with E-state index in [1.807, 2.05) is 30.3 Å². The predicted molar refractivity (Wildman–Crippen MR) is 95.3 cm³/mol. The zero-order valence-corrected chi connectivity index (χ0v) is 14.8. The minimum atomic E-state index is -1.29. The highest BCUT2D eigenvalue weighted by molar-refractivity contribution is 6.07. The van der Waals surface area contributed by atoms with Crippen LogP contribution in [0, 0.1) is 0 Å². The second-order valence-electron chi connectivity index (χ2n) is 5.34. The van der Waals surface area contributed by atoms with E-state index in [0.29, 0.717) is 16.9 Å². The van der Waals surface area contributed by atoms with Crippen LogP contribution in [0.1, 0.15) is 21.5 Å². The summed E-state index contributed by atoms with van der Waals surface area (Å²) < 4.78 is 16.8. The summed E-state index contributed by atoms with van der Waals surface area (Å²) in [5, 5.41) is 8.70. The van der Waals surface area contributed by atoms with Crippen molar-refractivity contribution in [3.8, 4) is 5.75 Å². The van der Waals surface area contributed by atoms with Crippen LogP contribution in [0.4, 0.5) is 0 Å². The number of carboxylic acid groups (broad SMARTS) is 1. The van der Waals surface area contributed by atoms with Crippen molar-refractivity contribution in [3.05, 3.63) is 77.4 Å². The molecular formula is C20H20O6. The monoisotopic (exact) mass is 356 g/mol. The van der Waals surface area contributed by atoms with E-state index in [1.54, 1.807) is 18.2 Å². The average molecular weight is 356 g/mol. The molecule has 0 aromatic heterocycles. The molecular weight excluding hydrogens is 336 g/mol. The van der Waals surface area contributed by atoms with E-state index in [-0.39, 0.29) is 5.56 Å². The molecule has 2 rings (SSSR count). The van der Waals surface area contributed by atoms with Gasteiger partial charge in [0.05, 0.1) is 12.7 Å². The van der Waals surface area contributed by atoms with Crippen LogP contribution in [0.25, 0.3) is 0 Å². The highest BCUT2D eigenvalue weighted by Crippen LogP contribution is 2.39. The number of carboxylic acids is 1.